The van der Waals surface area contributed by atoms with Crippen molar-refractivity contribution in [2.24, 2.45) is 10.8 Å². The van der Waals surface area contributed by atoms with Crippen LogP contribution in [0.2, 0.25) is 0 Å². The second-order valence-electron chi connectivity index (χ2n) is 32.9. The first-order chi connectivity index (χ1) is 60.5. The Morgan fingerprint density at radius 3 is 1.05 bits per heavy atom. The molecule has 2 aliphatic rings. The fourth-order valence-electron chi connectivity index (χ4n) is 15.2. The SMILES string of the molecule is [2H]c1cc2c(c([2H])c1-n1c3c([2H])c([2H])c([2H])c([2H])c3c3c([2H])c([2H])c([2H])c([2H])c31)N(c1c(-c3ccccc3)cc(C(C)(C)C)cc1-c1cccc(C([2H])([2H])C(C)(C)C)c1)c1cc(C(C)(C)C)cc3c1B2c1c([2H])c([2H])c(-n2c4c([2H])c([2H])c([2H])c([2H])c4c4c([2H])c([2H])c([2H])c([2H])c42)c([2H])c1N3c1c(-c2ccccc2)cc(C(C)(C)C)cc1-c1cccc(C([2H])([2H])C(C)(C)C)c1. The average Bonchev–Trinajstić information content (AvgIpc) is 0.860. The van der Waals surface area contributed by atoms with E-state index in [9.17, 15) is 28.8 Å². The molecule has 518 valence electrons. The van der Waals surface area contributed by atoms with Gasteiger partial charge in [-0.05, 0) is 191 Å². The molecule has 0 N–H and O–H groups in total. The van der Waals surface area contributed by atoms with Crippen molar-refractivity contribution >= 4 is 101 Å². The van der Waals surface area contributed by atoms with Crippen molar-refractivity contribution in [1.29, 1.82) is 0 Å². The molecule has 0 bridgehead atoms. The van der Waals surface area contributed by atoms with Gasteiger partial charge in [0.05, 0.1) is 62.2 Å². The van der Waals surface area contributed by atoms with E-state index in [0.717, 1.165) is 20.3 Å². The van der Waals surface area contributed by atoms with Gasteiger partial charge >= 0.3 is 0 Å². The summed E-state index contributed by atoms with van der Waals surface area (Å²) in [6, 6.07) is 31.9. The molecule has 0 radical (unpaired) electrons. The molecule has 2 aliphatic heterocycles. The van der Waals surface area contributed by atoms with E-state index in [-0.39, 0.29) is 55.2 Å². The molecule has 0 saturated carbocycles. The number of benzene rings is 13. The number of rotatable bonds is 10. The molecule has 0 fully saturated rings. The molecule has 4 nitrogen and oxygen atoms in total. The number of fused-ring (bicyclic) bond motifs is 10. The lowest BCUT2D eigenvalue weighted by Crippen LogP contribution is -2.61. The smallest absolute Gasteiger partial charge is 0.252 e. The lowest BCUT2D eigenvalue weighted by Gasteiger charge is -2.47. The molecule has 17 rings (SSSR count). The summed E-state index contributed by atoms with van der Waals surface area (Å²) < 4.78 is 252. The van der Waals surface area contributed by atoms with E-state index in [2.05, 4.69) is 47.6 Å². The molecule has 0 spiro atoms. The number of anilines is 6. The van der Waals surface area contributed by atoms with Crippen LogP contribution < -0.4 is 26.2 Å². The third-order valence-corrected chi connectivity index (χ3v) is 20.0. The van der Waals surface area contributed by atoms with Crippen LogP contribution in [0.15, 0.2) is 279 Å². The van der Waals surface area contributed by atoms with Gasteiger partial charge in [-0.15, -0.1) is 0 Å². The first-order valence-corrected chi connectivity index (χ1v) is 35.8. The molecule has 15 aromatic rings. The van der Waals surface area contributed by atoms with Gasteiger partial charge in [-0.25, -0.2) is 0 Å². The lowest BCUT2D eigenvalue weighted by molar-refractivity contribution is 0.411. The molecule has 0 saturated heterocycles. The lowest BCUT2D eigenvalue weighted by atomic mass is 9.33. The molecule has 0 atom stereocenters. The highest BCUT2D eigenvalue weighted by Gasteiger charge is 2.47. The topological polar surface area (TPSA) is 16.3 Å². The van der Waals surface area contributed by atoms with Gasteiger partial charge in [-0.1, -0.05) is 298 Å². The molecule has 0 aliphatic carbocycles. The predicted octanol–water partition coefficient (Wildman–Crippen LogP) is 25.7. The minimum atomic E-state index is -2.01. The molecule has 105 heavy (non-hydrogen) atoms. The summed E-state index contributed by atoms with van der Waals surface area (Å²) in [5, 5.41) is -1.43. The van der Waals surface area contributed by atoms with Crippen LogP contribution >= 0.6 is 0 Å². The molecular formula is C100H95BN4. The summed E-state index contributed by atoms with van der Waals surface area (Å²) in [4.78, 5) is 3.76. The van der Waals surface area contributed by atoms with Crippen LogP contribution in [0.5, 0.6) is 0 Å². The Labute approximate surface area is 657 Å². The minimum absolute atomic E-state index is 0.0352. The third kappa shape index (κ3) is 11.9. The summed E-state index contributed by atoms with van der Waals surface area (Å²) in [6.07, 6.45) is -4.02. The molecule has 13 aromatic carbocycles. The first kappa shape index (κ1) is 44.7. The standard InChI is InChI=1S/C100H95BN4/c1-96(2,3)62-64-32-30-38-68(52-64)81-56-70(98(7,8)9)54-79(66-34-18-16-19-35-66)94(81)104-89-60-73(102-85-44-26-22-40-75(85)76-41-23-27-45-86(76)102)48-50-83(89)101-84-51-49-74(103-87-46-28-24-42-77(87)78-43-25-29-47-88(78)103)61-90(84)105(92-59-72(100(13,14)15)58-91(104)93(92)101)95-80(67-36-20-17-21-37-67)55-71(99(10,11)12)57-82(95)69-39-31-33-65(53-69)63-97(4,5)6/h16-61H,62-63H2,1-15H3/i22D,23D,24D,25D,26D,27D,28D,29D,40D,41D,42D,43D,44D,45D,46D,47D,48D,49D,50D,60D,61D,62D2,63D2. The normalized spacial score (nSPS) is 16.9. The van der Waals surface area contributed by atoms with Crippen LogP contribution in [-0.2, 0) is 29.0 Å². The zero-order valence-corrected chi connectivity index (χ0v) is 61.8. The maximum absolute atomic E-state index is 11.9. The Balaban J connectivity index is 1.18. The van der Waals surface area contributed by atoms with E-state index in [1.54, 1.807) is 30.3 Å². The van der Waals surface area contributed by atoms with Crippen LogP contribution in [0.3, 0.4) is 0 Å². The van der Waals surface area contributed by atoms with Gasteiger partial charge in [0.1, 0.15) is 0 Å². The van der Waals surface area contributed by atoms with Crippen molar-refractivity contribution in [3.05, 3.63) is 306 Å². The van der Waals surface area contributed by atoms with Gasteiger partial charge in [0.2, 0.25) is 0 Å². The van der Waals surface area contributed by atoms with Crippen molar-refractivity contribution in [1.82, 2.24) is 9.13 Å². The molecule has 5 heteroatoms. The number of para-hydroxylation sites is 4. The molecule has 4 heterocycles. The monoisotopic (exact) mass is 1390 g/mol. The second kappa shape index (κ2) is 24.9. The average molecular weight is 1390 g/mol. The van der Waals surface area contributed by atoms with Crippen molar-refractivity contribution in [2.45, 2.75) is 133 Å². The Hall–Kier alpha value is -10.9. The highest BCUT2D eigenvalue weighted by Crippen LogP contribution is 2.56. The molecule has 0 unspecified atom stereocenters. The van der Waals surface area contributed by atoms with Crippen LogP contribution in [0, 0.1) is 10.8 Å². The van der Waals surface area contributed by atoms with Gasteiger partial charge in [0.25, 0.3) is 6.71 Å². The van der Waals surface area contributed by atoms with Crippen molar-refractivity contribution in [2.75, 3.05) is 9.80 Å². The quantitative estimate of drug-likeness (QED) is 0.127. The summed E-state index contributed by atoms with van der Waals surface area (Å²) in [7, 11) is 0. The van der Waals surface area contributed by atoms with Crippen LogP contribution in [0.1, 0.15) is 166 Å². The Morgan fingerprint density at radius 2 is 0.667 bits per heavy atom. The summed E-state index contributed by atoms with van der Waals surface area (Å²) in [5.41, 5.74) is 1.05. The van der Waals surface area contributed by atoms with Gasteiger partial charge in [-0.3, -0.25) is 0 Å². The summed E-state index contributed by atoms with van der Waals surface area (Å²) in [6.45, 7) is 27.7. The summed E-state index contributed by atoms with van der Waals surface area (Å²) >= 11 is 0. The summed E-state index contributed by atoms with van der Waals surface area (Å²) in [5.74, 6) is 0. The predicted molar refractivity (Wildman–Crippen MR) is 453 cm³/mol. The van der Waals surface area contributed by atoms with E-state index >= 15 is 0 Å². The fourth-order valence-corrected chi connectivity index (χ4v) is 15.2. The second-order valence-corrected chi connectivity index (χ2v) is 32.9. The molecular weight excluding hydrogens is 1270 g/mol. The number of hydrogen-bond acceptors (Lipinski definition) is 2. The van der Waals surface area contributed by atoms with E-state index in [0.29, 0.717) is 78.0 Å². The van der Waals surface area contributed by atoms with Crippen LogP contribution in [-0.4, -0.2) is 15.8 Å². The zero-order chi connectivity index (χ0) is 94.7. The van der Waals surface area contributed by atoms with Crippen LogP contribution in [0.4, 0.5) is 34.1 Å². The molecule has 2 aromatic heterocycles. The Bertz CT molecular complexity index is 7300. The van der Waals surface area contributed by atoms with Crippen LogP contribution in [0.25, 0.3) is 99.5 Å². The van der Waals surface area contributed by atoms with Crippen molar-refractivity contribution < 1.29 is 34.3 Å². The zero-order valence-electron chi connectivity index (χ0n) is 86.8. The Kier molecular flexibility index (Phi) is 10.6. The third-order valence-electron chi connectivity index (χ3n) is 20.0. The molecule has 0 amide bonds. The van der Waals surface area contributed by atoms with E-state index in [4.69, 9.17) is 5.48 Å². The van der Waals surface area contributed by atoms with Gasteiger partial charge in [0.15, 0.2) is 0 Å². The first-order valence-electron chi connectivity index (χ1n) is 48.3. The van der Waals surface area contributed by atoms with Crippen molar-refractivity contribution in [3.8, 4) is 55.9 Å². The number of nitrogens with zero attached hydrogens (tertiary/aromatic N) is 4. The number of hydrogen-bond donors (Lipinski definition) is 0. The minimum Gasteiger partial charge on any atom is -0.310 e. The maximum Gasteiger partial charge on any atom is 0.252 e. The van der Waals surface area contributed by atoms with Gasteiger partial charge in [-0.2, -0.15) is 0 Å². The largest absolute Gasteiger partial charge is 0.310 e. The highest BCUT2D eigenvalue weighted by atomic mass is 15.2. The van der Waals surface area contributed by atoms with E-state index in [1.165, 1.54) is 6.07 Å². The van der Waals surface area contributed by atoms with Gasteiger partial charge in [0, 0.05) is 83.4 Å². The van der Waals surface area contributed by atoms with E-state index < -0.39 is 207 Å². The van der Waals surface area contributed by atoms with E-state index in [1.807, 2.05) is 181 Å². The Morgan fingerprint density at radius 1 is 0.324 bits per heavy atom. The fraction of sp³-hybridized carbons (Fsp3) is 0.220. The number of aromatic nitrogens is 2. The van der Waals surface area contributed by atoms with Gasteiger partial charge < -0.3 is 18.9 Å². The maximum atomic E-state index is 11.9. The van der Waals surface area contributed by atoms with Crippen molar-refractivity contribution in [3.63, 3.8) is 0 Å². The highest BCUT2D eigenvalue weighted by molar-refractivity contribution is 7.00.